The van der Waals surface area contributed by atoms with Crippen LogP contribution in [-0.4, -0.2) is 64.8 Å². The molecular formula is C16H28BN3O3. The van der Waals surface area contributed by atoms with Gasteiger partial charge in [0.2, 0.25) is 0 Å². The molecule has 2 atom stereocenters. The molecule has 0 spiro atoms. The molecule has 2 unspecified atom stereocenters. The van der Waals surface area contributed by atoms with Gasteiger partial charge >= 0.3 is 139 Å². The maximum atomic E-state index is 13.3. The maximum absolute atomic E-state index is 13.3. The monoisotopic (exact) mass is 321 g/mol. The fourth-order valence-corrected chi connectivity index (χ4v) is 4.19. The van der Waals surface area contributed by atoms with Crippen LogP contribution in [0, 0.1) is 0 Å². The number of likely N-dealkylation sites (N-methyl/N-ethyl adjacent to an activating group) is 1. The van der Waals surface area contributed by atoms with Crippen LogP contribution in [0.1, 0.15) is 54.4 Å². The van der Waals surface area contributed by atoms with E-state index in [0.717, 1.165) is 19.3 Å². The van der Waals surface area contributed by atoms with E-state index >= 15 is 0 Å². The van der Waals surface area contributed by atoms with Gasteiger partial charge < -0.3 is 0 Å². The summed E-state index contributed by atoms with van der Waals surface area (Å²) in [6.07, 6.45) is 1.49. The number of rotatable bonds is 5. The van der Waals surface area contributed by atoms with Crippen LogP contribution in [0.25, 0.3) is 0 Å². The molecule has 6 nitrogen and oxygen atoms in total. The summed E-state index contributed by atoms with van der Waals surface area (Å²) in [6.45, 7) is 12.1. The van der Waals surface area contributed by atoms with Crippen molar-refractivity contribution in [3.63, 3.8) is 0 Å². The average Bonchev–Trinajstić information content (AvgIpc) is 2.91. The number of amides is 1. The van der Waals surface area contributed by atoms with Crippen molar-refractivity contribution in [3.05, 3.63) is 0 Å². The fourth-order valence-electron chi connectivity index (χ4n) is 4.19. The Kier molecular flexibility index (Phi) is 4.48. The van der Waals surface area contributed by atoms with Crippen LogP contribution in [0.2, 0.25) is 0 Å². The second-order valence-corrected chi connectivity index (χ2v) is 8.23. The molecule has 2 rings (SSSR count). The van der Waals surface area contributed by atoms with Crippen LogP contribution in [0.3, 0.4) is 0 Å². The number of hydrogen-bond acceptors (Lipinski definition) is 5. The molecule has 2 aliphatic heterocycles. The van der Waals surface area contributed by atoms with Gasteiger partial charge in [-0.2, -0.15) is 0 Å². The molecule has 0 N–H and O–H groups in total. The zero-order valence-electron chi connectivity index (χ0n) is 15.3. The van der Waals surface area contributed by atoms with Crippen LogP contribution >= 0.6 is 0 Å². The first-order valence-corrected chi connectivity index (χ1v) is 8.16. The summed E-state index contributed by atoms with van der Waals surface area (Å²) in [7, 11) is 2.68. The van der Waals surface area contributed by atoms with E-state index < -0.39 is 11.1 Å². The first-order valence-electron chi connectivity index (χ1n) is 8.16. The molecule has 128 valence electrons. The van der Waals surface area contributed by atoms with E-state index in [0.29, 0.717) is 6.42 Å². The predicted molar refractivity (Wildman–Crippen MR) is 89.7 cm³/mol. The Hall–Kier alpha value is -1.24. The SMILES string of the molecule is CC1=NOC(C(C)(C)N2C(=O)C(C)(N(C)CB=O)CC2(C)C)C1. The van der Waals surface area contributed by atoms with E-state index in [1.165, 1.54) is 0 Å². The molecule has 2 aliphatic rings. The summed E-state index contributed by atoms with van der Waals surface area (Å²) < 4.78 is 10.9. The number of hydrogen-bond donors (Lipinski definition) is 0. The molecule has 0 saturated carbocycles. The standard InChI is InChI=1S/C16H28BN3O3/c1-11-8-12(23-18-11)15(4,5)20-13(21)16(6,9-14(20,2)3)19(7)10-17-22/h12H,8-10H2,1-7H3. The van der Waals surface area contributed by atoms with Gasteiger partial charge in [0.1, 0.15) is 0 Å². The average molecular weight is 321 g/mol. The van der Waals surface area contributed by atoms with Crippen molar-refractivity contribution in [3.8, 4) is 0 Å². The zero-order valence-corrected chi connectivity index (χ0v) is 15.3. The number of nitrogens with zero attached hydrogens (tertiary/aromatic N) is 3. The second-order valence-electron chi connectivity index (χ2n) is 8.23. The number of carbonyl (C=O) groups is 1. The quantitative estimate of drug-likeness (QED) is 0.722. The molecule has 23 heavy (non-hydrogen) atoms. The van der Waals surface area contributed by atoms with Gasteiger partial charge in [-0.3, -0.25) is 0 Å². The molecule has 1 saturated heterocycles. The molecule has 0 radical (unpaired) electrons. The molecule has 0 bridgehead atoms. The normalized spacial score (nSPS) is 30.4. The molecule has 2 heterocycles. The zero-order chi connectivity index (χ0) is 17.6. The summed E-state index contributed by atoms with van der Waals surface area (Å²) in [5.74, 6) is 0.0463. The molecule has 0 aromatic rings. The van der Waals surface area contributed by atoms with Gasteiger partial charge in [-0.1, -0.05) is 0 Å². The molecular weight excluding hydrogens is 293 g/mol. The summed E-state index contributed by atoms with van der Waals surface area (Å²) in [5.41, 5.74) is -0.544. The Labute approximate surface area is 139 Å². The minimum absolute atomic E-state index is 0.0463. The van der Waals surface area contributed by atoms with Crippen molar-refractivity contribution < 1.29 is 14.3 Å². The van der Waals surface area contributed by atoms with Crippen molar-refractivity contribution in [1.29, 1.82) is 0 Å². The van der Waals surface area contributed by atoms with E-state index in [4.69, 9.17) is 4.84 Å². The van der Waals surface area contributed by atoms with Gasteiger partial charge in [0.15, 0.2) is 0 Å². The molecule has 0 aliphatic carbocycles. The molecule has 1 fully saturated rings. The third-order valence-electron chi connectivity index (χ3n) is 5.42. The number of carbonyl (C=O) groups excluding carboxylic acids is 1. The van der Waals surface area contributed by atoms with Gasteiger partial charge in [-0.25, -0.2) is 0 Å². The third-order valence-corrected chi connectivity index (χ3v) is 5.42. The van der Waals surface area contributed by atoms with E-state index in [1.54, 1.807) is 0 Å². The first kappa shape index (κ1) is 18.1. The van der Waals surface area contributed by atoms with Crippen LogP contribution in [0.15, 0.2) is 5.16 Å². The third kappa shape index (κ3) is 2.84. The van der Waals surface area contributed by atoms with Gasteiger partial charge in [0.25, 0.3) is 0 Å². The second kappa shape index (κ2) is 5.69. The van der Waals surface area contributed by atoms with Crippen molar-refractivity contribution in [2.24, 2.45) is 5.16 Å². The summed E-state index contributed by atoms with van der Waals surface area (Å²) in [6, 6.07) is 0. The van der Waals surface area contributed by atoms with Crippen LogP contribution in [0.4, 0.5) is 0 Å². The molecule has 1 amide bonds. The fraction of sp³-hybridized carbons (Fsp3) is 0.875. The van der Waals surface area contributed by atoms with Crippen molar-refractivity contribution in [2.45, 2.75) is 77.1 Å². The summed E-state index contributed by atoms with van der Waals surface area (Å²) >= 11 is 0. The summed E-state index contributed by atoms with van der Waals surface area (Å²) in [5, 5.41) is 4.05. The summed E-state index contributed by atoms with van der Waals surface area (Å²) in [4.78, 5) is 22.7. The number of likely N-dealkylation sites (tertiary alicyclic amines) is 1. The first-order chi connectivity index (χ1) is 10.5. The van der Waals surface area contributed by atoms with Gasteiger partial charge in [0.05, 0.1) is 0 Å². The Bertz CT molecular complexity index is 547. The van der Waals surface area contributed by atoms with Crippen LogP contribution < -0.4 is 0 Å². The van der Waals surface area contributed by atoms with Gasteiger partial charge in [-0.05, 0) is 0 Å². The molecule has 0 aromatic heterocycles. The van der Waals surface area contributed by atoms with Crippen molar-refractivity contribution in [1.82, 2.24) is 9.80 Å². The van der Waals surface area contributed by atoms with Gasteiger partial charge in [-0.15, -0.1) is 0 Å². The number of oxime groups is 1. The Balaban J connectivity index is 2.34. The van der Waals surface area contributed by atoms with Crippen molar-refractivity contribution >= 4 is 18.8 Å². The van der Waals surface area contributed by atoms with E-state index in [9.17, 15) is 9.50 Å². The topological polar surface area (TPSA) is 62.2 Å². The molecule has 0 aromatic carbocycles. The van der Waals surface area contributed by atoms with E-state index in [1.807, 2.05) is 44.5 Å². The van der Waals surface area contributed by atoms with E-state index in [2.05, 4.69) is 19.0 Å². The minimum atomic E-state index is -0.684. The predicted octanol–water partition coefficient (Wildman–Crippen LogP) is 1.64. The molecule has 7 heteroatoms. The Morgan fingerprint density at radius 1 is 1.43 bits per heavy atom. The van der Waals surface area contributed by atoms with Gasteiger partial charge in [0, 0.05) is 0 Å². The Morgan fingerprint density at radius 3 is 2.52 bits per heavy atom. The van der Waals surface area contributed by atoms with Crippen LogP contribution in [0.5, 0.6) is 0 Å². The van der Waals surface area contributed by atoms with Crippen LogP contribution in [-0.2, 0) is 14.3 Å². The Morgan fingerprint density at radius 2 is 2.04 bits per heavy atom. The van der Waals surface area contributed by atoms with E-state index in [-0.39, 0.29) is 24.0 Å². The van der Waals surface area contributed by atoms with Crippen molar-refractivity contribution in [2.75, 3.05) is 13.5 Å².